The quantitative estimate of drug-likeness (QED) is 0.853. The van der Waals surface area contributed by atoms with E-state index >= 15 is 0 Å². The summed E-state index contributed by atoms with van der Waals surface area (Å²) >= 11 is 0. The van der Waals surface area contributed by atoms with Crippen molar-refractivity contribution in [3.05, 3.63) is 54.5 Å². The van der Waals surface area contributed by atoms with Crippen molar-refractivity contribution in [2.75, 3.05) is 44.2 Å². The Labute approximate surface area is 169 Å². The summed E-state index contributed by atoms with van der Waals surface area (Å²) in [4.78, 5) is 39.3. The highest BCUT2D eigenvalue weighted by atomic mass is 16.4. The SMILES string of the molecule is O=C(N1CCN(c2cnccn2)CC1)N1CCC(C(=O)O)(c2ccccc2)CC1. The number of hydrogen-bond acceptors (Lipinski definition) is 5. The summed E-state index contributed by atoms with van der Waals surface area (Å²) in [6.07, 6.45) is 5.90. The topological polar surface area (TPSA) is 89.9 Å². The molecule has 0 spiro atoms. The van der Waals surface area contributed by atoms with Gasteiger partial charge < -0.3 is 19.8 Å². The second-order valence-electron chi connectivity index (χ2n) is 7.56. The first-order chi connectivity index (χ1) is 14.1. The van der Waals surface area contributed by atoms with E-state index in [9.17, 15) is 14.7 Å². The lowest BCUT2D eigenvalue weighted by molar-refractivity contribution is -0.145. The van der Waals surface area contributed by atoms with Gasteiger partial charge in [-0.25, -0.2) is 9.78 Å². The number of rotatable bonds is 3. The summed E-state index contributed by atoms with van der Waals surface area (Å²) in [5.74, 6) is 0.0139. The van der Waals surface area contributed by atoms with Crippen molar-refractivity contribution in [1.82, 2.24) is 19.8 Å². The van der Waals surface area contributed by atoms with Crippen LogP contribution in [0.3, 0.4) is 0 Å². The third-order valence-electron chi connectivity index (χ3n) is 6.05. The molecule has 0 bridgehead atoms. The lowest BCUT2D eigenvalue weighted by Crippen LogP contribution is -2.56. The molecular formula is C21H25N5O3. The molecule has 0 radical (unpaired) electrons. The molecule has 3 heterocycles. The molecule has 2 aromatic rings. The smallest absolute Gasteiger partial charge is 0.320 e. The molecule has 4 rings (SSSR count). The van der Waals surface area contributed by atoms with Gasteiger partial charge in [-0.2, -0.15) is 0 Å². The third kappa shape index (κ3) is 3.74. The molecule has 8 nitrogen and oxygen atoms in total. The number of carboxylic acids is 1. The lowest BCUT2D eigenvalue weighted by atomic mass is 9.73. The third-order valence-corrected chi connectivity index (χ3v) is 6.05. The average molecular weight is 395 g/mol. The van der Waals surface area contributed by atoms with Gasteiger partial charge in [0, 0.05) is 51.7 Å². The Morgan fingerprint density at radius 1 is 0.897 bits per heavy atom. The minimum Gasteiger partial charge on any atom is -0.481 e. The molecule has 2 amide bonds. The van der Waals surface area contributed by atoms with Crippen molar-refractivity contribution in [2.24, 2.45) is 0 Å². The van der Waals surface area contributed by atoms with Crippen LogP contribution in [0.5, 0.6) is 0 Å². The van der Waals surface area contributed by atoms with E-state index in [4.69, 9.17) is 0 Å². The van der Waals surface area contributed by atoms with Crippen LogP contribution < -0.4 is 4.90 Å². The normalized spacial score (nSPS) is 19.1. The van der Waals surface area contributed by atoms with Gasteiger partial charge in [0.2, 0.25) is 0 Å². The van der Waals surface area contributed by atoms with Crippen molar-refractivity contribution >= 4 is 17.8 Å². The number of carbonyl (C=O) groups excluding carboxylic acids is 1. The van der Waals surface area contributed by atoms with Gasteiger partial charge in [0.1, 0.15) is 5.82 Å². The highest BCUT2D eigenvalue weighted by Gasteiger charge is 2.44. The molecule has 0 aliphatic carbocycles. The number of anilines is 1. The molecule has 0 saturated carbocycles. The zero-order chi connectivity index (χ0) is 20.3. The van der Waals surface area contributed by atoms with E-state index in [0.29, 0.717) is 52.1 Å². The molecule has 8 heteroatoms. The number of hydrogen-bond donors (Lipinski definition) is 1. The van der Waals surface area contributed by atoms with E-state index < -0.39 is 11.4 Å². The van der Waals surface area contributed by atoms with Gasteiger partial charge >= 0.3 is 12.0 Å². The van der Waals surface area contributed by atoms with Gasteiger partial charge in [0.05, 0.1) is 11.6 Å². The molecule has 1 aromatic heterocycles. The predicted molar refractivity (Wildman–Crippen MR) is 108 cm³/mol. The fourth-order valence-electron chi connectivity index (χ4n) is 4.24. The number of aromatic nitrogens is 2. The monoisotopic (exact) mass is 395 g/mol. The molecule has 0 unspecified atom stereocenters. The Morgan fingerprint density at radius 2 is 1.55 bits per heavy atom. The summed E-state index contributed by atoms with van der Waals surface area (Å²) in [7, 11) is 0. The fraction of sp³-hybridized carbons (Fsp3) is 0.429. The molecule has 2 aliphatic heterocycles. The standard InChI is InChI=1S/C21H25N5O3/c27-19(28)21(17-4-2-1-3-5-17)6-10-25(11-7-21)20(29)26-14-12-24(13-15-26)18-16-22-8-9-23-18/h1-5,8-9,16H,6-7,10-15H2,(H,27,28). The molecule has 0 atom stereocenters. The van der Waals surface area contributed by atoms with Gasteiger partial charge in [-0.3, -0.25) is 9.78 Å². The summed E-state index contributed by atoms with van der Waals surface area (Å²) in [5, 5.41) is 9.92. The largest absolute Gasteiger partial charge is 0.481 e. The molecule has 1 aromatic carbocycles. The number of piperidine rings is 1. The average Bonchev–Trinajstić information content (AvgIpc) is 2.80. The van der Waals surface area contributed by atoms with Crippen LogP contribution >= 0.6 is 0 Å². The number of carbonyl (C=O) groups is 2. The Balaban J connectivity index is 1.36. The van der Waals surface area contributed by atoms with Gasteiger partial charge in [-0.05, 0) is 18.4 Å². The van der Waals surface area contributed by atoms with Crippen molar-refractivity contribution in [2.45, 2.75) is 18.3 Å². The van der Waals surface area contributed by atoms with E-state index in [1.54, 1.807) is 23.5 Å². The first-order valence-electron chi connectivity index (χ1n) is 9.94. The highest BCUT2D eigenvalue weighted by molar-refractivity contribution is 5.82. The van der Waals surface area contributed by atoms with Crippen molar-refractivity contribution in [3.8, 4) is 0 Å². The number of piperazine rings is 1. The van der Waals surface area contributed by atoms with Crippen LogP contribution in [-0.2, 0) is 10.2 Å². The summed E-state index contributed by atoms with van der Waals surface area (Å²) in [5.41, 5.74) is -0.0971. The number of carboxylic acid groups (broad SMARTS) is 1. The van der Waals surface area contributed by atoms with Crippen molar-refractivity contribution < 1.29 is 14.7 Å². The van der Waals surface area contributed by atoms with Crippen LogP contribution in [0.4, 0.5) is 10.6 Å². The number of amides is 2. The summed E-state index contributed by atoms with van der Waals surface area (Å²) < 4.78 is 0. The minimum absolute atomic E-state index is 0.00385. The second-order valence-corrected chi connectivity index (χ2v) is 7.56. The van der Waals surface area contributed by atoms with Crippen LogP contribution in [0, 0.1) is 0 Å². The summed E-state index contributed by atoms with van der Waals surface area (Å²) in [6.45, 7) is 3.56. The van der Waals surface area contributed by atoms with Crippen LogP contribution in [0.1, 0.15) is 18.4 Å². The van der Waals surface area contributed by atoms with Crippen LogP contribution in [0.2, 0.25) is 0 Å². The highest BCUT2D eigenvalue weighted by Crippen LogP contribution is 2.36. The Hall–Kier alpha value is -3.16. The number of likely N-dealkylation sites (tertiary alicyclic amines) is 1. The van der Waals surface area contributed by atoms with E-state index in [1.807, 2.05) is 35.2 Å². The van der Waals surface area contributed by atoms with Gasteiger partial charge in [0.15, 0.2) is 0 Å². The Kier molecular flexibility index (Phi) is 5.33. The molecule has 2 fully saturated rings. The number of benzene rings is 1. The molecule has 152 valence electrons. The maximum atomic E-state index is 13.0. The number of nitrogens with zero attached hydrogens (tertiary/aromatic N) is 5. The maximum Gasteiger partial charge on any atom is 0.320 e. The fourth-order valence-corrected chi connectivity index (χ4v) is 4.24. The number of aliphatic carboxylic acids is 1. The minimum atomic E-state index is -0.914. The number of urea groups is 1. The molecular weight excluding hydrogens is 370 g/mol. The van der Waals surface area contributed by atoms with Gasteiger partial charge in [-0.1, -0.05) is 30.3 Å². The van der Waals surface area contributed by atoms with E-state index in [2.05, 4.69) is 14.9 Å². The molecule has 29 heavy (non-hydrogen) atoms. The lowest BCUT2D eigenvalue weighted by Gasteiger charge is -2.42. The van der Waals surface area contributed by atoms with Gasteiger partial charge in [0.25, 0.3) is 0 Å². The van der Waals surface area contributed by atoms with Gasteiger partial charge in [-0.15, -0.1) is 0 Å². The molecule has 2 saturated heterocycles. The maximum absolute atomic E-state index is 13.0. The predicted octanol–water partition coefficient (Wildman–Crippen LogP) is 1.84. The summed E-state index contributed by atoms with van der Waals surface area (Å²) in [6, 6.07) is 9.37. The van der Waals surface area contributed by atoms with Crippen molar-refractivity contribution in [1.29, 1.82) is 0 Å². The molecule has 2 aliphatic rings. The van der Waals surface area contributed by atoms with Crippen LogP contribution in [0.25, 0.3) is 0 Å². The molecule has 1 N–H and O–H groups in total. The van der Waals surface area contributed by atoms with E-state index in [1.165, 1.54) is 0 Å². The second kappa shape index (κ2) is 8.06. The first kappa shape index (κ1) is 19.2. The first-order valence-corrected chi connectivity index (χ1v) is 9.94. The zero-order valence-corrected chi connectivity index (χ0v) is 16.3. The zero-order valence-electron chi connectivity index (χ0n) is 16.3. The Bertz CT molecular complexity index is 845. The van der Waals surface area contributed by atoms with Crippen LogP contribution in [-0.4, -0.2) is 76.1 Å². The Morgan fingerprint density at radius 3 is 2.14 bits per heavy atom. The van der Waals surface area contributed by atoms with E-state index in [0.717, 1.165) is 11.4 Å². The van der Waals surface area contributed by atoms with Crippen molar-refractivity contribution in [3.63, 3.8) is 0 Å². The van der Waals surface area contributed by atoms with E-state index in [-0.39, 0.29) is 6.03 Å². The van der Waals surface area contributed by atoms with Crippen LogP contribution in [0.15, 0.2) is 48.9 Å².